The molecule has 19 heavy (non-hydrogen) atoms. The molecule has 3 nitrogen and oxygen atoms in total. The molecule has 1 aromatic heterocycles. The molecule has 1 fully saturated rings. The van der Waals surface area contributed by atoms with E-state index in [0.29, 0.717) is 12.0 Å². The van der Waals surface area contributed by atoms with Gasteiger partial charge in [-0.25, -0.2) is 0 Å². The maximum absolute atomic E-state index is 12.0. The molecule has 1 saturated heterocycles. The first-order valence-corrected chi connectivity index (χ1v) is 8.36. The number of thiophene rings is 1. The van der Waals surface area contributed by atoms with E-state index in [1.807, 2.05) is 13.0 Å². The lowest BCUT2D eigenvalue weighted by molar-refractivity contribution is 0.0951. The molecule has 0 spiro atoms. The van der Waals surface area contributed by atoms with Crippen LogP contribution in [0.2, 0.25) is 0 Å². The van der Waals surface area contributed by atoms with Crippen LogP contribution >= 0.6 is 27.3 Å². The second-order valence-electron chi connectivity index (χ2n) is 5.52. The molecule has 0 aromatic carbocycles. The Labute approximate surface area is 127 Å². The standard InChI is InChI=1S/C14H21BrN2OS/c1-9(2)17-5-4-11(8-17)7-16-14(18)12-6-10(3)13(15)19-12/h6,9,11H,4-5,7-8H2,1-3H3,(H,16,18). The van der Waals surface area contributed by atoms with Gasteiger partial charge in [0.2, 0.25) is 0 Å². The summed E-state index contributed by atoms with van der Waals surface area (Å²) in [7, 11) is 0. The van der Waals surface area contributed by atoms with Gasteiger partial charge in [0.1, 0.15) is 0 Å². The van der Waals surface area contributed by atoms with Gasteiger partial charge in [-0.2, -0.15) is 0 Å². The number of likely N-dealkylation sites (tertiary alicyclic amines) is 1. The van der Waals surface area contributed by atoms with E-state index < -0.39 is 0 Å². The Morgan fingerprint density at radius 1 is 1.63 bits per heavy atom. The summed E-state index contributed by atoms with van der Waals surface area (Å²) in [6.07, 6.45) is 1.19. The van der Waals surface area contributed by atoms with Gasteiger partial charge in [0, 0.05) is 19.1 Å². The summed E-state index contributed by atoms with van der Waals surface area (Å²) in [5.74, 6) is 0.651. The second-order valence-corrected chi connectivity index (χ2v) is 7.89. The Balaban J connectivity index is 1.81. The van der Waals surface area contributed by atoms with Crippen molar-refractivity contribution in [2.24, 2.45) is 5.92 Å². The number of nitrogens with one attached hydrogen (secondary N) is 1. The Morgan fingerprint density at radius 2 is 2.37 bits per heavy atom. The molecule has 2 heterocycles. The molecule has 1 N–H and O–H groups in total. The molecule has 0 radical (unpaired) electrons. The van der Waals surface area contributed by atoms with Crippen molar-refractivity contribution < 1.29 is 4.79 Å². The van der Waals surface area contributed by atoms with Crippen LogP contribution in [0.3, 0.4) is 0 Å². The van der Waals surface area contributed by atoms with Crippen LogP contribution in [0.25, 0.3) is 0 Å². The van der Waals surface area contributed by atoms with Crippen LogP contribution in [0.5, 0.6) is 0 Å². The van der Waals surface area contributed by atoms with E-state index in [1.165, 1.54) is 17.8 Å². The van der Waals surface area contributed by atoms with Gasteiger partial charge in [0.15, 0.2) is 0 Å². The summed E-state index contributed by atoms with van der Waals surface area (Å²) in [5, 5.41) is 3.06. The van der Waals surface area contributed by atoms with E-state index >= 15 is 0 Å². The first kappa shape index (κ1) is 15.0. The molecule has 0 aliphatic carbocycles. The van der Waals surface area contributed by atoms with E-state index in [2.05, 4.69) is 40.0 Å². The Hall–Kier alpha value is -0.390. The molecular weight excluding hydrogens is 324 g/mol. The third kappa shape index (κ3) is 3.80. The first-order chi connectivity index (χ1) is 8.97. The number of carbonyl (C=O) groups is 1. The zero-order valence-electron chi connectivity index (χ0n) is 11.7. The topological polar surface area (TPSA) is 32.3 Å². The largest absolute Gasteiger partial charge is 0.351 e. The van der Waals surface area contributed by atoms with Crippen LogP contribution < -0.4 is 5.32 Å². The zero-order chi connectivity index (χ0) is 14.0. The van der Waals surface area contributed by atoms with E-state index in [-0.39, 0.29) is 5.91 Å². The van der Waals surface area contributed by atoms with Crippen LogP contribution in [0.15, 0.2) is 9.85 Å². The minimum atomic E-state index is 0.0572. The zero-order valence-corrected chi connectivity index (χ0v) is 14.1. The van der Waals surface area contributed by atoms with Crippen molar-refractivity contribution in [2.45, 2.75) is 33.2 Å². The predicted octanol–water partition coefficient (Wildman–Crippen LogP) is 3.28. The van der Waals surface area contributed by atoms with Gasteiger partial charge in [0.05, 0.1) is 8.66 Å². The lowest BCUT2D eigenvalue weighted by Crippen LogP contribution is -2.32. The fourth-order valence-corrected chi connectivity index (χ4v) is 3.85. The van der Waals surface area contributed by atoms with Crippen molar-refractivity contribution in [3.63, 3.8) is 0 Å². The van der Waals surface area contributed by atoms with Crippen molar-refractivity contribution in [3.8, 4) is 0 Å². The molecule has 106 valence electrons. The number of nitrogens with zero attached hydrogens (tertiary/aromatic N) is 1. The molecule has 1 aliphatic rings. The van der Waals surface area contributed by atoms with Gasteiger partial charge in [-0.3, -0.25) is 4.79 Å². The summed E-state index contributed by atoms with van der Waals surface area (Å²) in [6.45, 7) is 9.51. The summed E-state index contributed by atoms with van der Waals surface area (Å²) in [6, 6.07) is 2.55. The number of hydrogen-bond donors (Lipinski definition) is 1. The normalized spacial score (nSPS) is 20.2. The van der Waals surface area contributed by atoms with Crippen LogP contribution in [0, 0.1) is 12.8 Å². The molecule has 1 atom stereocenters. The van der Waals surface area contributed by atoms with Gasteiger partial charge in [0.25, 0.3) is 5.91 Å². The summed E-state index contributed by atoms with van der Waals surface area (Å²) < 4.78 is 1.05. The average molecular weight is 345 g/mol. The highest BCUT2D eigenvalue weighted by molar-refractivity contribution is 9.11. The highest BCUT2D eigenvalue weighted by atomic mass is 79.9. The molecule has 2 rings (SSSR count). The minimum absolute atomic E-state index is 0.0572. The lowest BCUT2D eigenvalue weighted by Gasteiger charge is -2.20. The molecule has 1 unspecified atom stereocenters. The number of aryl methyl sites for hydroxylation is 1. The quantitative estimate of drug-likeness (QED) is 0.908. The van der Waals surface area contributed by atoms with Crippen molar-refractivity contribution in [1.29, 1.82) is 0 Å². The third-order valence-electron chi connectivity index (χ3n) is 3.68. The third-order valence-corrected chi connectivity index (χ3v) is 5.82. The van der Waals surface area contributed by atoms with Crippen LogP contribution in [-0.4, -0.2) is 36.5 Å². The number of halogens is 1. The number of rotatable bonds is 4. The van der Waals surface area contributed by atoms with Crippen LogP contribution in [-0.2, 0) is 0 Å². The lowest BCUT2D eigenvalue weighted by atomic mass is 10.1. The van der Waals surface area contributed by atoms with Gasteiger partial charge >= 0.3 is 0 Å². The molecule has 1 aliphatic heterocycles. The van der Waals surface area contributed by atoms with Gasteiger partial charge in [-0.05, 0) is 67.2 Å². The van der Waals surface area contributed by atoms with E-state index in [4.69, 9.17) is 0 Å². The second kappa shape index (κ2) is 6.37. The van der Waals surface area contributed by atoms with Crippen LogP contribution in [0.1, 0.15) is 35.5 Å². The fraction of sp³-hybridized carbons (Fsp3) is 0.643. The molecule has 0 saturated carbocycles. The fourth-order valence-electron chi connectivity index (χ4n) is 2.39. The van der Waals surface area contributed by atoms with Gasteiger partial charge in [-0.1, -0.05) is 0 Å². The molecule has 0 bridgehead atoms. The first-order valence-electron chi connectivity index (χ1n) is 6.75. The molecular formula is C14H21BrN2OS. The highest BCUT2D eigenvalue weighted by Gasteiger charge is 2.24. The smallest absolute Gasteiger partial charge is 0.261 e. The van der Waals surface area contributed by atoms with E-state index in [1.54, 1.807) is 0 Å². The SMILES string of the molecule is Cc1cc(C(=O)NCC2CCN(C(C)C)C2)sc1Br. The number of carbonyl (C=O) groups excluding carboxylic acids is 1. The molecule has 5 heteroatoms. The number of amides is 1. The Bertz CT molecular complexity index is 439. The Kier molecular flexibility index (Phi) is 5.03. The van der Waals surface area contributed by atoms with Gasteiger partial charge < -0.3 is 10.2 Å². The van der Waals surface area contributed by atoms with Crippen molar-refractivity contribution >= 4 is 33.2 Å². The monoisotopic (exact) mass is 344 g/mol. The van der Waals surface area contributed by atoms with Crippen molar-refractivity contribution in [2.75, 3.05) is 19.6 Å². The van der Waals surface area contributed by atoms with Gasteiger partial charge in [-0.15, -0.1) is 11.3 Å². The predicted molar refractivity (Wildman–Crippen MR) is 83.9 cm³/mol. The summed E-state index contributed by atoms with van der Waals surface area (Å²) in [5.41, 5.74) is 1.13. The minimum Gasteiger partial charge on any atom is -0.351 e. The van der Waals surface area contributed by atoms with E-state index in [9.17, 15) is 4.79 Å². The van der Waals surface area contributed by atoms with Crippen molar-refractivity contribution in [3.05, 3.63) is 20.3 Å². The number of hydrogen-bond acceptors (Lipinski definition) is 3. The van der Waals surface area contributed by atoms with Crippen LogP contribution in [0.4, 0.5) is 0 Å². The highest BCUT2D eigenvalue weighted by Crippen LogP contribution is 2.27. The average Bonchev–Trinajstić information content (AvgIpc) is 2.94. The van der Waals surface area contributed by atoms with E-state index in [0.717, 1.165) is 33.9 Å². The molecule has 1 aromatic rings. The Morgan fingerprint density at radius 3 is 2.89 bits per heavy atom. The molecule has 1 amide bonds. The van der Waals surface area contributed by atoms with Crippen molar-refractivity contribution in [1.82, 2.24) is 10.2 Å². The maximum atomic E-state index is 12.0. The summed E-state index contributed by atoms with van der Waals surface area (Å²) in [4.78, 5) is 15.3. The summed E-state index contributed by atoms with van der Waals surface area (Å²) >= 11 is 4.96. The maximum Gasteiger partial charge on any atom is 0.261 e.